The van der Waals surface area contributed by atoms with Crippen molar-refractivity contribution in [2.45, 2.75) is 45.3 Å². The maximum Gasteiger partial charge on any atom is 0.337 e. The van der Waals surface area contributed by atoms with E-state index in [-0.39, 0.29) is 35.4 Å². The fourth-order valence-corrected chi connectivity index (χ4v) is 5.03. The summed E-state index contributed by atoms with van der Waals surface area (Å²) in [6.07, 6.45) is 2.83. The van der Waals surface area contributed by atoms with Gasteiger partial charge in [0.25, 0.3) is 5.91 Å². The Balaban J connectivity index is 1.32. The van der Waals surface area contributed by atoms with Gasteiger partial charge in [-0.1, -0.05) is 0 Å². The molecule has 2 saturated heterocycles. The van der Waals surface area contributed by atoms with Crippen molar-refractivity contribution in [3.05, 3.63) is 35.4 Å². The predicted octanol–water partition coefficient (Wildman–Crippen LogP) is 2.35. The number of carbonyl (C=O) groups is 3. The molecule has 1 spiro atoms. The highest BCUT2D eigenvalue weighted by Crippen LogP contribution is 2.60. The van der Waals surface area contributed by atoms with E-state index in [9.17, 15) is 14.4 Å². The number of likely N-dealkylation sites (tertiary alicyclic amines) is 1. The monoisotopic (exact) mass is 414 g/mol. The Hall–Kier alpha value is -2.41. The number of carbonyl (C=O) groups excluding carboxylic acids is 3. The molecule has 0 aromatic heterocycles. The number of hydrogen-bond donors (Lipinski definition) is 0. The number of rotatable bonds is 3. The van der Waals surface area contributed by atoms with Gasteiger partial charge in [0.1, 0.15) is 0 Å². The fraction of sp³-hybridized carbons (Fsp3) is 0.609. The van der Waals surface area contributed by atoms with Crippen molar-refractivity contribution < 1.29 is 23.9 Å². The Labute approximate surface area is 177 Å². The van der Waals surface area contributed by atoms with E-state index in [4.69, 9.17) is 9.47 Å². The highest BCUT2D eigenvalue weighted by atomic mass is 16.5. The molecule has 0 N–H and O–H groups in total. The maximum atomic E-state index is 13.0. The number of esters is 1. The standard InChI is InChI=1S/C23H30N2O5/c1-15-13-25(14-16(2)30-15)21(27)19-12-23(19)8-10-24(11-9-23)20(26)17-4-6-18(7-5-17)22(28)29-3/h4-7,15-16,19H,8-14H2,1-3H3/t15-,16+,19?. The molecule has 7 nitrogen and oxygen atoms in total. The summed E-state index contributed by atoms with van der Waals surface area (Å²) in [5, 5.41) is 0. The van der Waals surface area contributed by atoms with E-state index in [1.54, 1.807) is 24.3 Å². The smallest absolute Gasteiger partial charge is 0.337 e. The second kappa shape index (κ2) is 8.02. The summed E-state index contributed by atoms with van der Waals surface area (Å²) in [7, 11) is 1.33. The fourth-order valence-electron chi connectivity index (χ4n) is 5.03. The molecule has 4 rings (SSSR count). The topological polar surface area (TPSA) is 76.2 Å². The molecule has 7 heteroatoms. The number of morpholine rings is 1. The molecule has 1 saturated carbocycles. The van der Waals surface area contributed by atoms with Gasteiger partial charge in [-0.15, -0.1) is 0 Å². The summed E-state index contributed by atoms with van der Waals surface area (Å²) < 4.78 is 10.4. The van der Waals surface area contributed by atoms with E-state index in [0.717, 1.165) is 19.3 Å². The molecule has 2 amide bonds. The molecule has 0 radical (unpaired) electrons. The first-order valence-corrected chi connectivity index (χ1v) is 10.7. The lowest BCUT2D eigenvalue weighted by Crippen LogP contribution is -2.49. The third-order valence-electron chi connectivity index (χ3n) is 6.82. The molecule has 1 aromatic rings. The van der Waals surface area contributed by atoms with Gasteiger partial charge in [-0.2, -0.15) is 0 Å². The minimum absolute atomic E-state index is 0.0272. The van der Waals surface area contributed by atoms with Crippen LogP contribution < -0.4 is 0 Å². The molecule has 3 atom stereocenters. The van der Waals surface area contributed by atoms with Crippen LogP contribution in [0.4, 0.5) is 0 Å². The molecule has 30 heavy (non-hydrogen) atoms. The number of amides is 2. The number of piperidine rings is 1. The lowest BCUT2D eigenvalue weighted by atomic mass is 9.90. The van der Waals surface area contributed by atoms with Crippen LogP contribution in [-0.4, -0.2) is 73.1 Å². The third-order valence-corrected chi connectivity index (χ3v) is 6.82. The molecular weight excluding hydrogens is 384 g/mol. The molecular formula is C23H30N2O5. The van der Waals surface area contributed by atoms with Gasteiger partial charge in [-0.05, 0) is 62.8 Å². The summed E-state index contributed by atoms with van der Waals surface area (Å²) in [5.41, 5.74) is 1.06. The highest BCUT2D eigenvalue weighted by molar-refractivity contribution is 5.96. The average Bonchev–Trinajstić information content (AvgIpc) is 3.45. The number of benzene rings is 1. The molecule has 3 aliphatic rings. The van der Waals surface area contributed by atoms with Gasteiger partial charge < -0.3 is 19.3 Å². The van der Waals surface area contributed by atoms with Crippen LogP contribution in [0, 0.1) is 11.3 Å². The van der Waals surface area contributed by atoms with Crippen LogP contribution in [0.5, 0.6) is 0 Å². The quantitative estimate of drug-likeness (QED) is 0.710. The summed E-state index contributed by atoms with van der Waals surface area (Å²) >= 11 is 0. The van der Waals surface area contributed by atoms with Gasteiger partial charge in [0.05, 0.1) is 24.9 Å². The van der Waals surface area contributed by atoms with Crippen LogP contribution in [0.3, 0.4) is 0 Å². The molecule has 162 valence electrons. The second-order valence-electron chi connectivity index (χ2n) is 8.98. The molecule has 3 fully saturated rings. The average molecular weight is 415 g/mol. The van der Waals surface area contributed by atoms with Crippen LogP contribution in [0.25, 0.3) is 0 Å². The van der Waals surface area contributed by atoms with Crippen LogP contribution in [0.2, 0.25) is 0 Å². The van der Waals surface area contributed by atoms with Crippen molar-refractivity contribution in [3.8, 4) is 0 Å². The molecule has 0 bridgehead atoms. The van der Waals surface area contributed by atoms with Gasteiger partial charge >= 0.3 is 5.97 Å². The van der Waals surface area contributed by atoms with Gasteiger partial charge in [0.15, 0.2) is 0 Å². The number of methoxy groups -OCH3 is 1. The van der Waals surface area contributed by atoms with Gasteiger partial charge in [-0.25, -0.2) is 4.79 Å². The zero-order valence-electron chi connectivity index (χ0n) is 17.9. The Morgan fingerprint density at radius 2 is 1.53 bits per heavy atom. The summed E-state index contributed by atoms with van der Waals surface area (Å²) in [6, 6.07) is 6.57. The molecule has 1 aliphatic carbocycles. The van der Waals surface area contributed by atoms with E-state index < -0.39 is 5.97 Å². The highest BCUT2D eigenvalue weighted by Gasteiger charge is 2.59. The number of hydrogen-bond acceptors (Lipinski definition) is 5. The van der Waals surface area contributed by atoms with E-state index in [1.165, 1.54) is 7.11 Å². The van der Waals surface area contributed by atoms with Crippen molar-refractivity contribution in [1.82, 2.24) is 9.80 Å². The van der Waals surface area contributed by atoms with Crippen molar-refractivity contribution in [1.29, 1.82) is 0 Å². The molecule has 2 aliphatic heterocycles. The lowest BCUT2D eigenvalue weighted by molar-refractivity contribution is -0.145. The maximum absolute atomic E-state index is 13.0. The minimum atomic E-state index is -0.414. The summed E-state index contributed by atoms with van der Waals surface area (Å²) in [4.78, 5) is 41.2. The SMILES string of the molecule is COC(=O)c1ccc(C(=O)N2CCC3(CC2)CC3C(=O)N2C[C@@H](C)O[C@@H](C)C2)cc1. The van der Waals surface area contributed by atoms with Crippen molar-refractivity contribution in [3.63, 3.8) is 0 Å². The zero-order chi connectivity index (χ0) is 21.5. The summed E-state index contributed by atoms with van der Waals surface area (Å²) in [6.45, 7) is 6.69. The van der Waals surface area contributed by atoms with Gasteiger partial charge in [0.2, 0.25) is 5.91 Å². The third kappa shape index (κ3) is 3.95. The normalized spacial score (nSPS) is 27.6. The van der Waals surface area contributed by atoms with Gasteiger partial charge in [0, 0.05) is 37.7 Å². The van der Waals surface area contributed by atoms with E-state index in [2.05, 4.69) is 0 Å². The number of nitrogens with zero attached hydrogens (tertiary/aromatic N) is 2. The Morgan fingerprint density at radius 3 is 2.10 bits per heavy atom. The van der Waals surface area contributed by atoms with Gasteiger partial charge in [-0.3, -0.25) is 9.59 Å². The Kier molecular flexibility index (Phi) is 5.57. The Morgan fingerprint density at radius 1 is 0.967 bits per heavy atom. The van der Waals surface area contributed by atoms with Crippen LogP contribution in [0.15, 0.2) is 24.3 Å². The molecule has 2 heterocycles. The minimum Gasteiger partial charge on any atom is -0.465 e. The molecule has 1 unspecified atom stereocenters. The number of ether oxygens (including phenoxy) is 2. The predicted molar refractivity (Wildman–Crippen MR) is 110 cm³/mol. The lowest BCUT2D eigenvalue weighted by Gasteiger charge is -2.37. The van der Waals surface area contributed by atoms with Crippen LogP contribution in [-0.2, 0) is 14.3 Å². The van der Waals surface area contributed by atoms with Crippen LogP contribution >= 0.6 is 0 Å². The first-order chi connectivity index (χ1) is 14.3. The first-order valence-electron chi connectivity index (χ1n) is 10.7. The van der Waals surface area contributed by atoms with Crippen molar-refractivity contribution in [2.75, 3.05) is 33.3 Å². The Bertz CT molecular complexity index is 819. The largest absolute Gasteiger partial charge is 0.465 e. The zero-order valence-corrected chi connectivity index (χ0v) is 17.9. The van der Waals surface area contributed by atoms with E-state index in [0.29, 0.717) is 37.3 Å². The molecule has 1 aromatic carbocycles. The summed E-state index contributed by atoms with van der Waals surface area (Å²) in [5.74, 6) is -0.0928. The van der Waals surface area contributed by atoms with Crippen LogP contribution in [0.1, 0.15) is 53.8 Å². The first kappa shape index (κ1) is 20.8. The van der Waals surface area contributed by atoms with Crippen molar-refractivity contribution >= 4 is 17.8 Å². The van der Waals surface area contributed by atoms with Crippen molar-refractivity contribution in [2.24, 2.45) is 11.3 Å². The van der Waals surface area contributed by atoms with E-state index in [1.807, 2.05) is 23.6 Å². The van der Waals surface area contributed by atoms with E-state index >= 15 is 0 Å². The second-order valence-corrected chi connectivity index (χ2v) is 8.98.